The molecule has 1 saturated carbocycles. The summed E-state index contributed by atoms with van der Waals surface area (Å²) in [6.45, 7) is 0. The molecule has 1 aliphatic rings. The molecule has 1 aliphatic carbocycles. The van der Waals surface area contributed by atoms with Crippen molar-refractivity contribution in [3.63, 3.8) is 0 Å². The van der Waals surface area contributed by atoms with E-state index in [0.717, 1.165) is 0 Å². The Labute approximate surface area is 72.0 Å². The van der Waals surface area contributed by atoms with E-state index >= 15 is 0 Å². The summed E-state index contributed by atoms with van der Waals surface area (Å²) in [6, 6.07) is 0. The SMILES string of the molecule is CS(=O)(=O)C1CC(CC(N)=O)C1. The van der Waals surface area contributed by atoms with Crippen LogP contribution in [0.3, 0.4) is 0 Å². The second-order valence-corrected chi connectivity index (χ2v) is 5.79. The topological polar surface area (TPSA) is 77.2 Å². The molecule has 0 aliphatic heterocycles. The van der Waals surface area contributed by atoms with Crippen LogP contribution in [0.5, 0.6) is 0 Å². The quantitative estimate of drug-likeness (QED) is 0.664. The largest absolute Gasteiger partial charge is 0.370 e. The van der Waals surface area contributed by atoms with E-state index in [-0.39, 0.29) is 17.1 Å². The number of carbonyl (C=O) groups excluding carboxylic acids is 1. The molecule has 0 aromatic heterocycles. The van der Waals surface area contributed by atoms with Crippen molar-refractivity contribution in [3.8, 4) is 0 Å². The lowest BCUT2D eigenvalue weighted by Gasteiger charge is -2.32. The van der Waals surface area contributed by atoms with Crippen LogP contribution in [0.25, 0.3) is 0 Å². The average Bonchev–Trinajstić information content (AvgIpc) is 1.73. The van der Waals surface area contributed by atoms with Gasteiger partial charge in [0.15, 0.2) is 0 Å². The maximum Gasteiger partial charge on any atom is 0.217 e. The van der Waals surface area contributed by atoms with Gasteiger partial charge in [-0.25, -0.2) is 8.42 Å². The van der Waals surface area contributed by atoms with Crippen LogP contribution in [0, 0.1) is 5.92 Å². The lowest BCUT2D eigenvalue weighted by atomic mass is 9.82. The van der Waals surface area contributed by atoms with Gasteiger partial charge in [-0.15, -0.1) is 0 Å². The van der Waals surface area contributed by atoms with Gasteiger partial charge in [-0.2, -0.15) is 0 Å². The van der Waals surface area contributed by atoms with Gasteiger partial charge in [-0.3, -0.25) is 4.79 Å². The fourth-order valence-electron chi connectivity index (χ4n) is 1.48. The highest BCUT2D eigenvalue weighted by molar-refractivity contribution is 7.91. The third-order valence-electron chi connectivity index (χ3n) is 2.29. The molecule has 5 heteroatoms. The number of carbonyl (C=O) groups is 1. The Hall–Kier alpha value is -0.580. The van der Waals surface area contributed by atoms with E-state index in [1.165, 1.54) is 6.26 Å². The summed E-state index contributed by atoms with van der Waals surface area (Å²) >= 11 is 0. The van der Waals surface area contributed by atoms with Crippen molar-refractivity contribution < 1.29 is 13.2 Å². The van der Waals surface area contributed by atoms with Crippen molar-refractivity contribution in [2.45, 2.75) is 24.5 Å². The normalized spacial score (nSPS) is 29.4. The van der Waals surface area contributed by atoms with Crippen LogP contribution in [-0.4, -0.2) is 25.8 Å². The molecule has 0 unspecified atom stereocenters. The molecule has 0 atom stereocenters. The Morgan fingerprint density at radius 3 is 2.33 bits per heavy atom. The Morgan fingerprint density at radius 1 is 1.50 bits per heavy atom. The van der Waals surface area contributed by atoms with Gasteiger partial charge in [-0.1, -0.05) is 0 Å². The fraction of sp³-hybridized carbons (Fsp3) is 0.857. The number of hydrogen-bond acceptors (Lipinski definition) is 3. The summed E-state index contributed by atoms with van der Waals surface area (Å²) in [5.74, 6) is -0.144. The molecule has 0 heterocycles. The summed E-state index contributed by atoms with van der Waals surface area (Å²) in [5, 5.41) is -0.234. The van der Waals surface area contributed by atoms with E-state index in [9.17, 15) is 13.2 Å². The molecule has 0 radical (unpaired) electrons. The number of rotatable bonds is 3. The van der Waals surface area contributed by atoms with Gasteiger partial charge in [0.05, 0.1) is 5.25 Å². The van der Waals surface area contributed by atoms with Crippen LogP contribution >= 0.6 is 0 Å². The van der Waals surface area contributed by atoms with Crippen molar-refractivity contribution >= 4 is 15.7 Å². The predicted octanol–water partition coefficient (Wildman–Crippen LogP) is -0.315. The zero-order valence-electron chi connectivity index (χ0n) is 6.99. The molecular formula is C7H13NO3S. The van der Waals surface area contributed by atoms with Gasteiger partial charge in [0.25, 0.3) is 0 Å². The van der Waals surface area contributed by atoms with E-state index in [4.69, 9.17) is 5.73 Å². The lowest BCUT2D eigenvalue weighted by Crippen LogP contribution is -2.37. The van der Waals surface area contributed by atoms with Gasteiger partial charge in [0.1, 0.15) is 9.84 Å². The number of amides is 1. The summed E-state index contributed by atoms with van der Waals surface area (Å²) in [5.41, 5.74) is 4.97. The molecule has 0 saturated heterocycles. The minimum Gasteiger partial charge on any atom is -0.370 e. The van der Waals surface area contributed by atoms with Crippen molar-refractivity contribution in [3.05, 3.63) is 0 Å². The van der Waals surface area contributed by atoms with Crippen LogP contribution < -0.4 is 5.73 Å². The predicted molar refractivity (Wildman–Crippen MR) is 45.2 cm³/mol. The second kappa shape index (κ2) is 3.05. The molecule has 0 spiro atoms. The van der Waals surface area contributed by atoms with Crippen LogP contribution in [0.1, 0.15) is 19.3 Å². The first-order valence-corrected chi connectivity index (χ1v) is 5.82. The van der Waals surface area contributed by atoms with Crippen LogP contribution in [0.15, 0.2) is 0 Å². The zero-order valence-corrected chi connectivity index (χ0v) is 7.80. The number of hydrogen-bond donors (Lipinski definition) is 1. The van der Waals surface area contributed by atoms with E-state index in [1.807, 2.05) is 0 Å². The van der Waals surface area contributed by atoms with E-state index in [1.54, 1.807) is 0 Å². The van der Waals surface area contributed by atoms with E-state index in [2.05, 4.69) is 0 Å². The van der Waals surface area contributed by atoms with E-state index < -0.39 is 9.84 Å². The van der Waals surface area contributed by atoms with Gasteiger partial charge < -0.3 is 5.73 Å². The maximum atomic E-state index is 10.9. The van der Waals surface area contributed by atoms with Crippen molar-refractivity contribution in [2.75, 3.05) is 6.26 Å². The van der Waals surface area contributed by atoms with Crippen molar-refractivity contribution in [1.29, 1.82) is 0 Å². The summed E-state index contributed by atoms with van der Waals surface area (Å²) in [6.07, 6.45) is 2.76. The molecule has 0 aromatic carbocycles. The summed E-state index contributed by atoms with van der Waals surface area (Å²) in [4.78, 5) is 10.4. The molecule has 12 heavy (non-hydrogen) atoms. The smallest absolute Gasteiger partial charge is 0.217 e. The zero-order chi connectivity index (χ0) is 9.35. The Balaban J connectivity index is 2.34. The second-order valence-electron chi connectivity index (χ2n) is 3.46. The highest BCUT2D eigenvalue weighted by atomic mass is 32.2. The monoisotopic (exact) mass is 191 g/mol. The fourth-order valence-corrected chi connectivity index (χ4v) is 2.72. The van der Waals surface area contributed by atoms with Crippen LogP contribution in [0.4, 0.5) is 0 Å². The Kier molecular flexibility index (Phi) is 2.41. The first-order valence-electron chi connectivity index (χ1n) is 3.86. The highest BCUT2D eigenvalue weighted by Crippen LogP contribution is 2.34. The molecular weight excluding hydrogens is 178 g/mol. The number of sulfone groups is 1. The first-order chi connectivity index (χ1) is 5.39. The summed E-state index contributed by atoms with van der Waals surface area (Å²) < 4.78 is 21.9. The Morgan fingerprint density at radius 2 is 2.00 bits per heavy atom. The van der Waals surface area contributed by atoms with Crippen LogP contribution in [0.2, 0.25) is 0 Å². The molecule has 1 rings (SSSR count). The van der Waals surface area contributed by atoms with Gasteiger partial charge in [0, 0.05) is 12.7 Å². The highest BCUT2D eigenvalue weighted by Gasteiger charge is 2.36. The molecule has 4 nitrogen and oxygen atoms in total. The molecule has 1 fully saturated rings. The van der Waals surface area contributed by atoms with E-state index in [0.29, 0.717) is 19.3 Å². The molecule has 0 aromatic rings. The van der Waals surface area contributed by atoms with Gasteiger partial charge in [0.2, 0.25) is 5.91 Å². The first kappa shape index (κ1) is 9.51. The number of nitrogens with two attached hydrogens (primary N) is 1. The van der Waals surface area contributed by atoms with Gasteiger partial charge in [-0.05, 0) is 18.8 Å². The van der Waals surface area contributed by atoms with Gasteiger partial charge >= 0.3 is 0 Å². The minimum atomic E-state index is -2.89. The van der Waals surface area contributed by atoms with Crippen molar-refractivity contribution in [1.82, 2.24) is 0 Å². The molecule has 1 amide bonds. The summed E-state index contributed by atoms with van der Waals surface area (Å²) in [7, 11) is -2.89. The van der Waals surface area contributed by atoms with Crippen molar-refractivity contribution in [2.24, 2.45) is 11.7 Å². The third-order valence-corrected chi connectivity index (χ3v) is 3.88. The minimum absolute atomic E-state index is 0.197. The molecule has 2 N–H and O–H groups in total. The Bertz CT molecular complexity index is 277. The standard InChI is InChI=1S/C7H13NO3S/c1-12(10,11)6-2-5(3-6)4-7(8)9/h5-6H,2-4H2,1H3,(H2,8,9). The maximum absolute atomic E-state index is 10.9. The lowest BCUT2D eigenvalue weighted by molar-refractivity contribution is -0.119. The number of primary amides is 1. The average molecular weight is 191 g/mol. The van der Waals surface area contributed by atoms with Crippen LogP contribution in [-0.2, 0) is 14.6 Å². The third kappa shape index (κ3) is 2.20. The molecule has 70 valence electrons. The molecule has 0 bridgehead atoms.